The molecule has 1 atom stereocenters. The first-order chi connectivity index (χ1) is 22.0. The molecule has 0 fully saturated rings. The van der Waals surface area contributed by atoms with Crippen LogP contribution in [-0.2, 0) is 0 Å². The molecule has 0 N–H and O–H groups in total. The van der Waals surface area contributed by atoms with Crippen LogP contribution in [0.1, 0.15) is 97.6 Å². The molecule has 0 saturated carbocycles. The normalized spacial score (nSPS) is 12.9. The Labute approximate surface area is 276 Å². The fourth-order valence-electron chi connectivity index (χ4n) is 5.45. The summed E-state index contributed by atoms with van der Waals surface area (Å²) in [7, 11) is 0. The lowest BCUT2D eigenvalue weighted by atomic mass is 9.84. The molecule has 0 aliphatic heterocycles. The molecule has 4 aromatic rings. The molecule has 1 aliphatic carbocycles. The SMILES string of the molecule is CCCCCC(CC)COc1ccc(Sc2cccc3c2C(=O)c2cccc(Sc4ccc(OCCCC)cc4)c2C3=O)cc1. The molecule has 45 heavy (non-hydrogen) atoms. The zero-order valence-corrected chi connectivity index (χ0v) is 28.1. The number of ketones is 2. The molecular weight excluding hydrogens is 597 g/mol. The third-order valence-electron chi connectivity index (χ3n) is 8.14. The third kappa shape index (κ3) is 8.22. The summed E-state index contributed by atoms with van der Waals surface area (Å²) >= 11 is 3.00. The number of benzene rings is 4. The zero-order valence-electron chi connectivity index (χ0n) is 26.5. The van der Waals surface area contributed by atoms with E-state index in [0.29, 0.717) is 34.8 Å². The lowest BCUT2D eigenvalue weighted by Gasteiger charge is -2.22. The van der Waals surface area contributed by atoms with Crippen LogP contribution in [0.2, 0.25) is 0 Å². The first-order valence-electron chi connectivity index (χ1n) is 16.2. The number of rotatable bonds is 16. The maximum atomic E-state index is 14.0. The molecule has 4 aromatic carbocycles. The van der Waals surface area contributed by atoms with Gasteiger partial charge in [0.05, 0.1) is 13.2 Å². The number of hydrogen-bond acceptors (Lipinski definition) is 6. The molecular formula is C39H42O4S2. The monoisotopic (exact) mass is 638 g/mol. The maximum Gasteiger partial charge on any atom is 0.195 e. The Hall–Kier alpha value is -3.48. The summed E-state index contributed by atoms with van der Waals surface area (Å²) in [5.74, 6) is 2.03. The third-order valence-corrected chi connectivity index (χ3v) is 10.3. The van der Waals surface area contributed by atoms with E-state index in [1.165, 1.54) is 49.2 Å². The summed E-state index contributed by atoms with van der Waals surface area (Å²) in [6.07, 6.45) is 8.19. The lowest BCUT2D eigenvalue weighted by Crippen LogP contribution is -2.22. The van der Waals surface area contributed by atoms with Crippen molar-refractivity contribution >= 4 is 35.1 Å². The molecule has 0 heterocycles. The van der Waals surface area contributed by atoms with Gasteiger partial charge in [-0.05, 0) is 79.4 Å². The number of carbonyl (C=O) groups is 2. The topological polar surface area (TPSA) is 52.6 Å². The second-order valence-corrected chi connectivity index (χ2v) is 13.7. The van der Waals surface area contributed by atoms with E-state index in [1.807, 2.05) is 72.8 Å². The van der Waals surface area contributed by atoms with E-state index in [-0.39, 0.29) is 11.6 Å². The predicted octanol–water partition coefficient (Wildman–Crippen LogP) is 10.9. The molecule has 4 nitrogen and oxygen atoms in total. The average Bonchev–Trinajstić information content (AvgIpc) is 3.06. The summed E-state index contributed by atoms with van der Waals surface area (Å²) in [4.78, 5) is 31.4. The van der Waals surface area contributed by atoms with Crippen molar-refractivity contribution in [3.05, 3.63) is 107 Å². The smallest absolute Gasteiger partial charge is 0.195 e. The van der Waals surface area contributed by atoms with Gasteiger partial charge in [-0.1, -0.05) is 101 Å². The van der Waals surface area contributed by atoms with Gasteiger partial charge in [-0.3, -0.25) is 9.59 Å². The molecule has 0 radical (unpaired) electrons. The second-order valence-electron chi connectivity index (χ2n) is 11.4. The maximum absolute atomic E-state index is 14.0. The molecule has 234 valence electrons. The van der Waals surface area contributed by atoms with Crippen LogP contribution in [0.5, 0.6) is 11.5 Å². The van der Waals surface area contributed by atoms with Crippen molar-refractivity contribution in [3.8, 4) is 11.5 Å². The first kappa shape index (κ1) is 32.9. The number of carbonyl (C=O) groups excluding carboxylic acids is 2. The minimum atomic E-state index is -0.113. The fourth-order valence-corrected chi connectivity index (χ4v) is 7.40. The van der Waals surface area contributed by atoms with Gasteiger partial charge in [0.15, 0.2) is 11.6 Å². The molecule has 1 unspecified atom stereocenters. The van der Waals surface area contributed by atoms with Gasteiger partial charge in [0, 0.05) is 41.8 Å². The summed E-state index contributed by atoms with van der Waals surface area (Å²) in [6.45, 7) is 8.03. The van der Waals surface area contributed by atoms with E-state index in [4.69, 9.17) is 9.47 Å². The van der Waals surface area contributed by atoms with Gasteiger partial charge in [-0.2, -0.15) is 0 Å². The standard InChI is InChI=1S/C39H42O4S2/c1-4-7-9-12-27(6-3)26-43-29-19-23-31(24-20-29)45-35-16-11-14-33-37(35)39(41)32-13-10-15-34(36(32)38(33)40)44-30-21-17-28(18-22-30)42-25-8-5-2/h10-11,13-24,27H,4-9,12,25-26H2,1-3H3. The highest BCUT2D eigenvalue weighted by molar-refractivity contribution is 7.99. The summed E-state index contributed by atoms with van der Waals surface area (Å²) in [5.41, 5.74) is 1.87. The average molecular weight is 639 g/mol. The molecule has 0 bridgehead atoms. The quantitative estimate of drug-likeness (QED) is 0.100. The number of ether oxygens (including phenoxy) is 2. The summed E-state index contributed by atoms with van der Waals surface area (Å²) in [5, 5.41) is 0. The molecule has 5 rings (SSSR count). The second kappa shape index (κ2) is 16.2. The van der Waals surface area contributed by atoms with E-state index in [2.05, 4.69) is 20.8 Å². The van der Waals surface area contributed by atoms with E-state index in [0.717, 1.165) is 57.0 Å². The van der Waals surface area contributed by atoms with Gasteiger partial charge in [0.1, 0.15) is 11.5 Å². The van der Waals surface area contributed by atoms with E-state index >= 15 is 0 Å². The Morgan fingerprint density at radius 2 is 1.11 bits per heavy atom. The van der Waals surface area contributed by atoms with Crippen LogP contribution in [0.15, 0.2) is 105 Å². The van der Waals surface area contributed by atoms with Crippen molar-refractivity contribution in [1.82, 2.24) is 0 Å². The fraction of sp³-hybridized carbons (Fsp3) is 0.333. The number of hydrogen-bond donors (Lipinski definition) is 0. The minimum Gasteiger partial charge on any atom is -0.494 e. The molecule has 0 aromatic heterocycles. The predicted molar refractivity (Wildman–Crippen MR) is 185 cm³/mol. The van der Waals surface area contributed by atoms with Gasteiger partial charge < -0.3 is 9.47 Å². The Morgan fingerprint density at radius 1 is 0.600 bits per heavy atom. The van der Waals surface area contributed by atoms with Crippen LogP contribution >= 0.6 is 23.5 Å². The molecule has 6 heteroatoms. The van der Waals surface area contributed by atoms with Gasteiger partial charge in [0.2, 0.25) is 0 Å². The Balaban J connectivity index is 1.30. The molecule has 0 spiro atoms. The minimum absolute atomic E-state index is 0.113. The van der Waals surface area contributed by atoms with Crippen LogP contribution in [0.3, 0.4) is 0 Å². The van der Waals surface area contributed by atoms with Crippen LogP contribution < -0.4 is 9.47 Å². The van der Waals surface area contributed by atoms with Crippen molar-refractivity contribution in [2.75, 3.05) is 13.2 Å². The largest absolute Gasteiger partial charge is 0.494 e. The summed E-state index contributed by atoms with van der Waals surface area (Å²) in [6, 6.07) is 27.0. The summed E-state index contributed by atoms with van der Waals surface area (Å²) < 4.78 is 11.9. The highest BCUT2D eigenvalue weighted by Crippen LogP contribution is 2.41. The number of fused-ring (bicyclic) bond motifs is 2. The van der Waals surface area contributed by atoms with E-state index in [9.17, 15) is 9.59 Å². The van der Waals surface area contributed by atoms with Crippen molar-refractivity contribution in [2.45, 2.75) is 85.3 Å². The molecule has 0 amide bonds. The number of unbranched alkanes of at least 4 members (excludes halogenated alkanes) is 3. The van der Waals surface area contributed by atoms with Gasteiger partial charge in [-0.15, -0.1) is 0 Å². The van der Waals surface area contributed by atoms with Crippen LogP contribution in [0.4, 0.5) is 0 Å². The van der Waals surface area contributed by atoms with E-state index < -0.39 is 0 Å². The van der Waals surface area contributed by atoms with Gasteiger partial charge >= 0.3 is 0 Å². The Morgan fingerprint density at radius 3 is 1.60 bits per heavy atom. The Kier molecular flexibility index (Phi) is 11.8. The van der Waals surface area contributed by atoms with Crippen molar-refractivity contribution in [1.29, 1.82) is 0 Å². The highest BCUT2D eigenvalue weighted by atomic mass is 32.2. The molecule has 1 aliphatic rings. The van der Waals surface area contributed by atoms with Gasteiger partial charge in [0.25, 0.3) is 0 Å². The van der Waals surface area contributed by atoms with Crippen molar-refractivity contribution < 1.29 is 19.1 Å². The zero-order chi connectivity index (χ0) is 31.6. The van der Waals surface area contributed by atoms with Crippen LogP contribution in [0, 0.1) is 5.92 Å². The highest BCUT2D eigenvalue weighted by Gasteiger charge is 2.33. The van der Waals surface area contributed by atoms with Crippen LogP contribution in [-0.4, -0.2) is 24.8 Å². The van der Waals surface area contributed by atoms with E-state index in [1.54, 1.807) is 12.1 Å². The van der Waals surface area contributed by atoms with Gasteiger partial charge in [-0.25, -0.2) is 0 Å². The lowest BCUT2D eigenvalue weighted by molar-refractivity contribution is 0.0974. The molecule has 0 saturated heterocycles. The van der Waals surface area contributed by atoms with Crippen molar-refractivity contribution in [3.63, 3.8) is 0 Å². The first-order valence-corrected chi connectivity index (χ1v) is 17.8. The van der Waals surface area contributed by atoms with Crippen molar-refractivity contribution in [2.24, 2.45) is 5.92 Å². The Bertz CT molecular complexity index is 1590. The van der Waals surface area contributed by atoms with Crippen LogP contribution in [0.25, 0.3) is 0 Å².